The number of benzene rings is 2. The summed E-state index contributed by atoms with van der Waals surface area (Å²) in [6.07, 6.45) is 0.620. The molecule has 9 heteroatoms. The zero-order valence-electron chi connectivity index (χ0n) is 15.8. The van der Waals surface area contributed by atoms with Gasteiger partial charge in [0.05, 0.1) is 28.2 Å². The third kappa shape index (κ3) is 5.33. The van der Waals surface area contributed by atoms with Crippen LogP contribution in [0.25, 0.3) is 0 Å². The van der Waals surface area contributed by atoms with E-state index in [1.54, 1.807) is 18.2 Å². The maximum atomic E-state index is 13.9. The SMILES string of the molecule is CS(=O)(=O)c1ccccc1C(=O)NC[C@@H]1CNCCO[C@H]1c1ccc(Cl)c(F)c1. The summed E-state index contributed by atoms with van der Waals surface area (Å²) in [5.74, 6) is -1.21. The van der Waals surface area contributed by atoms with Crippen LogP contribution in [0.4, 0.5) is 4.39 Å². The summed E-state index contributed by atoms with van der Waals surface area (Å²) >= 11 is 5.78. The van der Waals surface area contributed by atoms with Crippen LogP contribution < -0.4 is 10.6 Å². The summed E-state index contributed by atoms with van der Waals surface area (Å²) in [5, 5.41) is 6.05. The van der Waals surface area contributed by atoms with Crippen LogP contribution in [0.3, 0.4) is 0 Å². The molecular weight excluding hydrogens is 419 g/mol. The molecule has 2 aromatic rings. The van der Waals surface area contributed by atoms with Crippen molar-refractivity contribution in [2.75, 3.05) is 32.5 Å². The largest absolute Gasteiger partial charge is 0.372 e. The van der Waals surface area contributed by atoms with Gasteiger partial charge in [-0.3, -0.25) is 4.79 Å². The molecule has 1 aliphatic heterocycles. The van der Waals surface area contributed by atoms with Crippen molar-refractivity contribution in [2.45, 2.75) is 11.0 Å². The van der Waals surface area contributed by atoms with Crippen molar-refractivity contribution in [3.05, 3.63) is 64.4 Å². The fourth-order valence-corrected chi connectivity index (χ4v) is 4.33. The Hall–Kier alpha value is -2.00. The van der Waals surface area contributed by atoms with Crippen molar-refractivity contribution in [1.29, 1.82) is 0 Å². The number of nitrogens with one attached hydrogen (secondary N) is 2. The summed E-state index contributed by atoms with van der Waals surface area (Å²) in [5.41, 5.74) is 0.720. The summed E-state index contributed by atoms with van der Waals surface area (Å²) < 4.78 is 43.7. The molecule has 1 saturated heterocycles. The fourth-order valence-electron chi connectivity index (χ4n) is 3.32. The lowest BCUT2D eigenvalue weighted by Gasteiger charge is -2.25. The average molecular weight is 441 g/mol. The second kappa shape index (κ2) is 9.21. The highest BCUT2D eigenvalue weighted by atomic mass is 35.5. The van der Waals surface area contributed by atoms with Crippen LogP contribution in [0, 0.1) is 11.7 Å². The lowest BCUT2D eigenvalue weighted by molar-refractivity contribution is 0.0303. The Morgan fingerprint density at radius 3 is 2.79 bits per heavy atom. The highest BCUT2D eigenvalue weighted by Crippen LogP contribution is 2.29. The molecule has 0 unspecified atom stereocenters. The molecule has 0 saturated carbocycles. The van der Waals surface area contributed by atoms with E-state index >= 15 is 0 Å². The highest BCUT2D eigenvalue weighted by molar-refractivity contribution is 7.90. The Kier molecular flexibility index (Phi) is 6.89. The van der Waals surface area contributed by atoms with Crippen LogP contribution >= 0.6 is 11.6 Å². The zero-order chi connectivity index (χ0) is 21.0. The first-order chi connectivity index (χ1) is 13.8. The van der Waals surface area contributed by atoms with Gasteiger partial charge >= 0.3 is 0 Å². The fraction of sp³-hybridized carbons (Fsp3) is 0.350. The molecule has 1 aliphatic rings. The zero-order valence-corrected chi connectivity index (χ0v) is 17.4. The first-order valence-electron chi connectivity index (χ1n) is 9.12. The van der Waals surface area contributed by atoms with E-state index in [9.17, 15) is 17.6 Å². The van der Waals surface area contributed by atoms with Crippen LogP contribution in [0.1, 0.15) is 22.0 Å². The number of sulfone groups is 1. The minimum Gasteiger partial charge on any atom is -0.372 e. The molecule has 0 radical (unpaired) electrons. The summed E-state index contributed by atoms with van der Waals surface area (Å²) in [7, 11) is -3.54. The third-order valence-corrected chi connectivity index (χ3v) is 6.20. The van der Waals surface area contributed by atoms with Crippen molar-refractivity contribution in [3.63, 3.8) is 0 Å². The number of halogens is 2. The normalized spacial score (nSPS) is 20.1. The Labute approximate surface area is 174 Å². The molecule has 0 aromatic heterocycles. The van der Waals surface area contributed by atoms with Gasteiger partial charge in [0.25, 0.3) is 5.91 Å². The van der Waals surface area contributed by atoms with E-state index in [1.807, 2.05) is 0 Å². The van der Waals surface area contributed by atoms with E-state index in [1.165, 1.54) is 24.3 Å². The third-order valence-electron chi connectivity index (χ3n) is 4.74. The van der Waals surface area contributed by atoms with Gasteiger partial charge < -0.3 is 15.4 Å². The van der Waals surface area contributed by atoms with Crippen LogP contribution in [-0.2, 0) is 14.6 Å². The molecule has 156 valence electrons. The van der Waals surface area contributed by atoms with Crippen molar-refractivity contribution >= 4 is 27.3 Å². The first-order valence-corrected chi connectivity index (χ1v) is 11.4. The van der Waals surface area contributed by atoms with Gasteiger partial charge in [0.1, 0.15) is 5.82 Å². The molecule has 0 spiro atoms. The molecular formula is C20H22ClFN2O4S. The number of carbonyl (C=O) groups excluding carboxylic acids is 1. The van der Waals surface area contributed by atoms with Crippen LogP contribution in [0.15, 0.2) is 47.4 Å². The van der Waals surface area contributed by atoms with Gasteiger partial charge in [-0.15, -0.1) is 0 Å². The van der Waals surface area contributed by atoms with Crippen LogP contribution in [-0.4, -0.2) is 46.8 Å². The molecule has 0 bridgehead atoms. The minimum absolute atomic E-state index is 0.0240. The van der Waals surface area contributed by atoms with E-state index < -0.39 is 27.7 Å². The van der Waals surface area contributed by atoms with Gasteiger partial charge in [0, 0.05) is 31.8 Å². The molecule has 1 fully saturated rings. The number of ether oxygens (including phenoxy) is 1. The van der Waals surface area contributed by atoms with Gasteiger partial charge in [-0.05, 0) is 29.8 Å². The quantitative estimate of drug-likeness (QED) is 0.746. The average Bonchev–Trinajstić information content (AvgIpc) is 2.93. The van der Waals surface area contributed by atoms with Gasteiger partial charge in [0.15, 0.2) is 9.84 Å². The van der Waals surface area contributed by atoms with Gasteiger partial charge in [-0.25, -0.2) is 12.8 Å². The first kappa shape index (κ1) is 21.7. The van der Waals surface area contributed by atoms with Gasteiger partial charge in [-0.1, -0.05) is 29.8 Å². The maximum absolute atomic E-state index is 13.9. The molecule has 2 N–H and O–H groups in total. The molecule has 3 rings (SSSR count). The van der Waals surface area contributed by atoms with Crippen molar-refractivity contribution in [1.82, 2.24) is 10.6 Å². The van der Waals surface area contributed by atoms with E-state index in [2.05, 4.69) is 10.6 Å². The Morgan fingerprint density at radius 2 is 2.07 bits per heavy atom. The van der Waals surface area contributed by atoms with Crippen LogP contribution in [0.5, 0.6) is 0 Å². The molecule has 1 amide bonds. The smallest absolute Gasteiger partial charge is 0.252 e. The Bertz CT molecular complexity index is 1000. The number of carbonyl (C=O) groups is 1. The topological polar surface area (TPSA) is 84.5 Å². The lowest BCUT2D eigenvalue weighted by atomic mass is 9.95. The van der Waals surface area contributed by atoms with Crippen molar-refractivity contribution in [2.24, 2.45) is 5.92 Å². The van der Waals surface area contributed by atoms with Gasteiger partial charge in [0.2, 0.25) is 0 Å². The van der Waals surface area contributed by atoms with Gasteiger partial charge in [-0.2, -0.15) is 0 Å². The van der Waals surface area contributed by atoms with E-state index in [4.69, 9.17) is 16.3 Å². The van der Waals surface area contributed by atoms with Crippen molar-refractivity contribution in [3.8, 4) is 0 Å². The van der Waals surface area contributed by atoms with E-state index in [0.29, 0.717) is 25.3 Å². The predicted octanol–water partition coefficient (Wildman–Crippen LogP) is 2.59. The monoisotopic (exact) mass is 440 g/mol. The van der Waals surface area contributed by atoms with Crippen LogP contribution in [0.2, 0.25) is 5.02 Å². The Balaban J connectivity index is 1.78. The molecule has 29 heavy (non-hydrogen) atoms. The molecule has 1 heterocycles. The Morgan fingerprint density at radius 1 is 1.31 bits per heavy atom. The van der Waals surface area contributed by atoms with E-state index in [-0.39, 0.29) is 27.9 Å². The molecule has 6 nitrogen and oxygen atoms in total. The second-order valence-electron chi connectivity index (χ2n) is 6.91. The number of hydrogen-bond donors (Lipinski definition) is 2. The standard InChI is InChI=1S/C20H22ClFN2O4S/c1-29(26,27)18-5-3-2-4-15(18)20(25)24-12-14-11-23-8-9-28-19(14)13-6-7-16(21)17(22)10-13/h2-7,10,14,19,23H,8-9,11-12H2,1H3,(H,24,25)/t14-,19-/m0/s1. The summed E-state index contributed by atoms with van der Waals surface area (Å²) in [6, 6.07) is 10.6. The maximum Gasteiger partial charge on any atom is 0.252 e. The summed E-state index contributed by atoms with van der Waals surface area (Å²) in [6.45, 7) is 1.84. The number of hydrogen-bond acceptors (Lipinski definition) is 5. The number of rotatable bonds is 5. The second-order valence-corrected chi connectivity index (χ2v) is 9.30. The van der Waals surface area contributed by atoms with Crippen molar-refractivity contribution < 1.29 is 22.3 Å². The molecule has 2 atom stereocenters. The lowest BCUT2D eigenvalue weighted by Crippen LogP contribution is -2.37. The predicted molar refractivity (Wildman–Crippen MR) is 108 cm³/mol. The van der Waals surface area contributed by atoms with E-state index in [0.717, 1.165) is 6.26 Å². The number of amides is 1. The summed E-state index contributed by atoms with van der Waals surface area (Å²) in [4.78, 5) is 12.6. The minimum atomic E-state index is -3.54. The highest BCUT2D eigenvalue weighted by Gasteiger charge is 2.28. The molecule has 0 aliphatic carbocycles. The molecule has 2 aromatic carbocycles.